The zero-order chi connectivity index (χ0) is 10.7. The Balaban J connectivity index is 3.15. The van der Waals surface area contributed by atoms with E-state index in [1.165, 1.54) is 6.07 Å². The molecule has 4 heteroatoms. The molecular formula is C10H8Cl2O2. The van der Waals surface area contributed by atoms with E-state index >= 15 is 0 Å². The van der Waals surface area contributed by atoms with Crippen molar-refractivity contribution in [1.29, 1.82) is 0 Å². The highest BCUT2D eigenvalue weighted by Gasteiger charge is 2.11. The fraction of sp³-hybridized carbons (Fsp3) is 0.200. The van der Waals surface area contributed by atoms with Crippen LogP contribution in [0.15, 0.2) is 12.1 Å². The lowest BCUT2D eigenvalue weighted by molar-refractivity contribution is -0.107. The van der Waals surface area contributed by atoms with Gasteiger partial charge >= 0.3 is 0 Å². The SMILES string of the molecule is Cc1cc(Cl)c(Cl)cc1C(=O)CC=O. The standard InChI is InChI=1S/C10H8Cl2O2/c1-6-4-8(11)9(12)5-7(6)10(14)2-3-13/h3-5H,2H2,1H3. The molecular weight excluding hydrogens is 223 g/mol. The summed E-state index contributed by atoms with van der Waals surface area (Å²) in [5.41, 5.74) is 1.18. The van der Waals surface area contributed by atoms with Gasteiger partial charge in [-0.05, 0) is 24.6 Å². The molecule has 14 heavy (non-hydrogen) atoms. The van der Waals surface area contributed by atoms with Gasteiger partial charge in [-0.1, -0.05) is 23.2 Å². The van der Waals surface area contributed by atoms with Gasteiger partial charge in [0.05, 0.1) is 16.5 Å². The predicted molar refractivity (Wildman–Crippen MR) is 56.2 cm³/mol. The molecule has 0 saturated heterocycles. The second-order valence-electron chi connectivity index (χ2n) is 2.88. The smallest absolute Gasteiger partial charge is 0.170 e. The van der Waals surface area contributed by atoms with Crippen LogP contribution >= 0.6 is 23.2 Å². The van der Waals surface area contributed by atoms with Crippen LogP contribution < -0.4 is 0 Å². The molecule has 0 aliphatic rings. The summed E-state index contributed by atoms with van der Waals surface area (Å²) in [6, 6.07) is 3.10. The molecule has 0 heterocycles. The van der Waals surface area contributed by atoms with Crippen LogP contribution in [0.25, 0.3) is 0 Å². The van der Waals surface area contributed by atoms with E-state index in [1.54, 1.807) is 13.0 Å². The molecule has 74 valence electrons. The second kappa shape index (κ2) is 4.58. The minimum absolute atomic E-state index is 0.126. The van der Waals surface area contributed by atoms with Crippen LogP contribution in [-0.4, -0.2) is 12.1 Å². The summed E-state index contributed by atoms with van der Waals surface area (Å²) in [7, 11) is 0. The van der Waals surface area contributed by atoms with Crippen LogP contribution in [0.1, 0.15) is 22.3 Å². The van der Waals surface area contributed by atoms with E-state index in [2.05, 4.69) is 0 Å². The van der Waals surface area contributed by atoms with E-state index in [1.807, 2.05) is 0 Å². The number of ketones is 1. The molecule has 0 aromatic heterocycles. The number of carbonyl (C=O) groups is 2. The molecule has 0 N–H and O–H groups in total. The van der Waals surface area contributed by atoms with Crippen molar-refractivity contribution in [1.82, 2.24) is 0 Å². The first kappa shape index (κ1) is 11.2. The molecule has 0 radical (unpaired) electrons. The summed E-state index contributed by atoms with van der Waals surface area (Å²) in [4.78, 5) is 21.6. The van der Waals surface area contributed by atoms with Gasteiger partial charge in [0, 0.05) is 5.56 Å². The lowest BCUT2D eigenvalue weighted by Gasteiger charge is -2.04. The Labute approximate surface area is 91.8 Å². The number of hydrogen-bond acceptors (Lipinski definition) is 2. The molecule has 2 nitrogen and oxygen atoms in total. The van der Waals surface area contributed by atoms with Gasteiger partial charge in [-0.25, -0.2) is 0 Å². The molecule has 1 aromatic carbocycles. The first-order valence-corrected chi connectivity index (χ1v) is 4.74. The second-order valence-corrected chi connectivity index (χ2v) is 3.69. The summed E-state index contributed by atoms with van der Waals surface area (Å²) in [5.74, 6) is -0.240. The molecule has 0 fully saturated rings. The van der Waals surface area contributed by atoms with Crippen LogP contribution in [0, 0.1) is 6.92 Å². The van der Waals surface area contributed by atoms with Gasteiger partial charge in [0.2, 0.25) is 0 Å². The van der Waals surface area contributed by atoms with Gasteiger partial charge in [0.1, 0.15) is 6.29 Å². The summed E-state index contributed by atoms with van der Waals surface area (Å²) in [6.07, 6.45) is 0.448. The fourth-order valence-corrected chi connectivity index (χ4v) is 1.51. The molecule has 0 aliphatic carbocycles. The first-order valence-electron chi connectivity index (χ1n) is 3.98. The van der Waals surface area contributed by atoms with Gasteiger partial charge in [0.25, 0.3) is 0 Å². The Morgan fingerprint density at radius 2 is 1.93 bits per heavy atom. The number of Topliss-reactive ketones (excluding diaryl/α,β-unsaturated/α-hetero) is 1. The molecule has 0 saturated carbocycles. The van der Waals surface area contributed by atoms with E-state index in [0.717, 1.165) is 5.56 Å². The van der Waals surface area contributed by atoms with E-state index in [-0.39, 0.29) is 12.2 Å². The third-order valence-corrected chi connectivity index (χ3v) is 2.56. The third kappa shape index (κ3) is 2.34. The van der Waals surface area contributed by atoms with Gasteiger partial charge < -0.3 is 4.79 Å². The number of benzene rings is 1. The highest BCUT2D eigenvalue weighted by atomic mass is 35.5. The van der Waals surface area contributed by atoms with Crippen molar-refractivity contribution < 1.29 is 9.59 Å². The van der Waals surface area contributed by atoms with Gasteiger partial charge in [0.15, 0.2) is 5.78 Å². The Morgan fingerprint density at radius 1 is 1.36 bits per heavy atom. The molecule has 0 unspecified atom stereocenters. The van der Waals surface area contributed by atoms with E-state index in [9.17, 15) is 9.59 Å². The molecule has 0 spiro atoms. The van der Waals surface area contributed by atoms with E-state index in [4.69, 9.17) is 23.2 Å². The average molecular weight is 231 g/mol. The largest absolute Gasteiger partial charge is 0.303 e. The minimum atomic E-state index is -0.240. The first-order chi connectivity index (χ1) is 6.56. The monoisotopic (exact) mass is 230 g/mol. The number of carbonyl (C=O) groups excluding carboxylic acids is 2. The fourth-order valence-electron chi connectivity index (χ4n) is 1.13. The van der Waals surface area contributed by atoms with Gasteiger partial charge in [-0.3, -0.25) is 4.79 Å². The molecule has 0 aliphatic heterocycles. The quantitative estimate of drug-likeness (QED) is 0.455. The van der Waals surface area contributed by atoms with Crippen molar-refractivity contribution in [2.75, 3.05) is 0 Å². The summed E-state index contributed by atoms with van der Waals surface area (Å²) < 4.78 is 0. The Bertz CT molecular complexity index is 386. The number of halogens is 2. The van der Waals surface area contributed by atoms with Crippen LogP contribution in [-0.2, 0) is 4.79 Å². The number of rotatable bonds is 3. The molecule has 1 aromatic rings. The highest BCUT2D eigenvalue weighted by Crippen LogP contribution is 2.26. The zero-order valence-corrected chi connectivity index (χ0v) is 9.02. The van der Waals surface area contributed by atoms with Crippen molar-refractivity contribution in [3.63, 3.8) is 0 Å². The molecule has 0 amide bonds. The summed E-state index contributed by atoms with van der Waals surface area (Å²) in [5, 5.41) is 0.735. The van der Waals surface area contributed by atoms with Crippen molar-refractivity contribution >= 4 is 35.3 Å². The van der Waals surface area contributed by atoms with Crippen molar-refractivity contribution in [3.8, 4) is 0 Å². The number of hydrogen-bond donors (Lipinski definition) is 0. The molecule has 0 atom stereocenters. The van der Waals surface area contributed by atoms with Gasteiger partial charge in [-0.15, -0.1) is 0 Å². The third-order valence-electron chi connectivity index (χ3n) is 1.84. The maximum Gasteiger partial charge on any atom is 0.170 e. The number of aldehydes is 1. The highest BCUT2D eigenvalue weighted by molar-refractivity contribution is 6.42. The van der Waals surface area contributed by atoms with Crippen molar-refractivity contribution in [2.24, 2.45) is 0 Å². The Hall–Kier alpha value is -0.860. The van der Waals surface area contributed by atoms with Crippen LogP contribution in [0.4, 0.5) is 0 Å². The molecule has 1 rings (SSSR count). The predicted octanol–water partition coefficient (Wildman–Crippen LogP) is 3.07. The summed E-state index contributed by atoms with van der Waals surface area (Å²) in [6.45, 7) is 1.75. The van der Waals surface area contributed by atoms with E-state index in [0.29, 0.717) is 21.9 Å². The zero-order valence-electron chi connectivity index (χ0n) is 7.51. The van der Waals surface area contributed by atoms with Crippen molar-refractivity contribution in [2.45, 2.75) is 13.3 Å². The minimum Gasteiger partial charge on any atom is -0.303 e. The summed E-state index contributed by atoms with van der Waals surface area (Å²) >= 11 is 11.5. The lowest BCUT2D eigenvalue weighted by atomic mass is 10.0. The van der Waals surface area contributed by atoms with Crippen molar-refractivity contribution in [3.05, 3.63) is 33.3 Å². The maximum absolute atomic E-state index is 11.4. The Kier molecular flexibility index (Phi) is 3.67. The molecule has 0 bridgehead atoms. The maximum atomic E-state index is 11.4. The van der Waals surface area contributed by atoms with Gasteiger partial charge in [-0.2, -0.15) is 0 Å². The topological polar surface area (TPSA) is 34.1 Å². The Morgan fingerprint density at radius 3 is 2.50 bits per heavy atom. The van der Waals surface area contributed by atoms with Crippen LogP contribution in [0.3, 0.4) is 0 Å². The van der Waals surface area contributed by atoms with Crippen LogP contribution in [0.2, 0.25) is 10.0 Å². The average Bonchev–Trinajstić information content (AvgIpc) is 2.11. The lowest BCUT2D eigenvalue weighted by Crippen LogP contribution is -2.02. The normalized spacial score (nSPS) is 9.93. The van der Waals surface area contributed by atoms with E-state index < -0.39 is 0 Å². The number of aryl methyl sites for hydroxylation is 1. The van der Waals surface area contributed by atoms with Crippen LogP contribution in [0.5, 0.6) is 0 Å².